The van der Waals surface area contributed by atoms with E-state index in [9.17, 15) is 10.1 Å². The molecule has 0 radical (unpaired) electrons. The molecule has 31 heavy (non-hydrogen) atoms. The van der Waals surface area contributed by atoms with Gasteiger partial charge in [0.05, 0.1) is 35.9 Å². The molecule has 0 unspecified atom stereocenters. The number of aromatic nitrogens is 3. The molecule has 1 N–H and O–H groups in total. The first-order valence-electron chi connectivity index (χ1n) is 10.7. The molecule has 8 nitrogen and oxygen atoms in total. The second-order valence-corrected chi connectivity index (χ2v) is 8.07. The van der Waals surface area contributed by atoms with Crippen LogP contribution in [0.15, 0.2) is 35.4 Å². The van der Waals surface area contributed by atoms with Gasteiger partial charge in [-0.25, -0.2) is 9.97 Å². The maximum atomic E-state index is 12.5. The molecule has 0 saturated carbocycles. The van der Waals surface area contributed by atoms with E-state index in [2.05, 4.69) is 20.9 Å². The number of aliphatic hydroxyl groups excluding tert-OH is 1. The zero-order valence-electron chi connectivity index (χ0n) is 17.3. The number of nitrogens with zero attached hydrogens (tertiary/aromatic N) is 6. The highest BCUT2D eigenvalue weighted by Crippen LogP contribution is 2.28. The van der Waals surface area contributed by atoms with Gasteiger partial charge in [-0.1, -0.05) is 0 Å². The first-order valence-corrected chi connectivity index (χ1v) is 10.7. The van der Waals surface area contributed by atoms with Crippen LogP contribution in [0.5, 0.6) is 0 Å². The lowest BCUT2D eigenvalue weighted by Gasteiger charge is -2.37. The number of nitriles is 1. The Balaban J connectivity index is 1.35. The molecule has 0 spiro atoms. The summed E-state index contributed by atoms with van der Waals surface area (Å²) in [5.41, 5.74) is 4.59. The van der Waals surface area contributed by atoms with E-state index in [0.29, 0.717) is 16.5 Å². The number of anilines is 2. The minimum Gasteiger partial charge on any atom is -0.395 e. The number of pyridine rings is 1. The molecule has 5 rings (SSSR count). The molecule has 8 heteroatoms. The Morgan fingerprint density at radius 1 is 1.10 bits per heavy atom. The average molecular weight is 416 g/mol. The van der Waals surface area contributed by atoms with Gasteiger partial charge < -0.3 is 14.9 Å². The number of aliphatic hydroxyl groups is 1. The Hall–Kier alpha value is -3.44. The van der Waals surface area contributed by atoms with Crippen molar-refractivity contribution in [1.29, 1.82) is 5.26 Å². The summed E-state index contributed by atoms with van der Waals surface area (Å²) in [6.07, 6.45) is 4.63. The molecule has 1 saturated heterocycles. The average Bonchev–Trinajstić information content (AvgIpc) is 3.27. The number of fused-ring (bicyclic) bond motifs is 2. The SMILES string of the molecule is N#Cc1cc2c(nc1N1CCN(c3ccc4c(=O)n(CCO)cnc4c3)CC1)CCC2. The van der Waals surface area contributed by atoms with Crippen molar-refractivity contribution in [1.82, 2.24) is 14.5 Å². The van der Waals surface area contributed by atoms with Gasteiger partial charge in [0, 0.05) is 37.6 Å². The van der Waals surface area contributed by atoms with Crippen molar-refractivity contribution in [3.05, 3.63) is 57.8 Å². The Bertz CT molecular complexity index is 1240. The van der Waals surface area contributed by atoms with E-state index in [0.717, 1.165) is 62.6 Å². The van der Waals surface area contributed by atoms with Crippen LogP contribution in [0.1, 0.15) is 23.2 Å². The maximum Gasteiger partial charge on any atom is 0.261 e. The van der Waals surface area contributed by atoms with Crippen LogP contribution in [-0.4, -0.2) is 52.4 Å². The Morgan fingerprint density at radius 3 is 2.68 bits per heavy atom. The number of hydrogen-bond acceptors (Lipinski definition) is 7. The topological polar surface area (TPSA) is 98.3 Å². The predicted molar refractivity (Wildman–Crippen MR) is 118 cm³/mol. The third-order valence-corrected chi connectivity index (χ3v) is 6.25. The third kappa shape index (κ3) is 3.51. The smallest absolute Gasteiger partial charge is 0.261 e. The number of rotatable bonds is 4. The molecule has 2 aromatic heterocycles. The van der Waals surface area contributed by atoms with Gasteiger partial charge in [0.2, 0.25) is 0 Å². The largest absolute Gasteiger partial charge is 0.395 e. The quantitative estimate of drug-likeness (QED) is 0.688. The molecule has 3 heterocycles. The van der Waals surface area contributed by atoms with E-state index in [1.54, 1.807) is 0 Å². The third-order valence-electron chi connectivity index (χ3n) is 6.25. The summed E-state index contributed by atoms with van der Waals surface area (Å²) in [5, 5.41) is 19.3. The van der Waals surface area contributed by atoms with Crippen LogP contribution in [0.3, 0.4) is 0 Å². The molecule has 3 aromatic rings. The molecule has 1 aromatic carbocycles. The van der Waals surface area contributed by atoms with Crippen molar-refractivity contribution in [3.8, 4) is 6.07 Å². The van der Waals surface area contributed by atoms with E-state index >= 15 is 0 Å². The Morgan fingerprint density at radius 2 is 1.90 bits per heavy atom. The van der Waals surface area contributed by atoms with Gasteiger partial charge in [-0.15, -0.1) is 0 Å². The lowest BCUT2D eigenvalue weighted by atomic mass is 10.1. The minimum absolute atomic E-state index is 0.0952. The highest BCUT2D eigenvalue weighted by Gasteiger charge is 2.24. The summed E-state index contributed by atoms with van der Waals surface area (Å²) in [5.74, 6) is 0.812. The number of benzene rings is 1. The van der Waals surface area contributed by atoms with Crippen LogP contribution in [0.25, 0.3) is 10.9 Å². The lowest BCUT2D eigenvalue weighted by molar-refractivity contribution is 0.274. The van der Waals surface area contributed by atoms with Crippen LogP contribution in [0, 0.1) is 11.3 Å². The minimum atomic E-state index is -0.137. The van der Waals surface area contributed by atoms with Crippen LogP contribution in [0.4, 0.5) is 11.5 Å². The van der Waals surface area contributed by atoms with Gasteiger partial charge in [0.25, 0.3) is 5.56 Å². The fraction of sp³-hybridized carbons (Fsp3) is 0.391. The fourth-order valence-corrected chi connectivity index (χ4v) is 4.57. The second kappa shape index (κ2) is 8.00. The van der Waals surface area contributed by atoms with Gasteiger partial charge in [0.1, 0.15) is 11.9 Å². The van der Waals surface area contributed by atoms with Gasteiger partial charge in [0.15, 0.2) is 0 Å². The van der Waals surface area contributed by atoms with E-state index in [1.807, 2.05) is 24.3 Å². The van der Waals surface area contributed by atoms with Crippen molar-refractivity contribution in [2.75, 3.05) is 42.6 Å². The van der Waals surface area contributed by atoms with Gasteiger partial charge >= 0.3 is 0 Å². The summed E-state index contributed by atoms with van der Waals surface area (Å²) >= 11 is 0. The standard InChI is InChI=1S/C23H24N6O2/c24-14-17-12-16-2-1-3-20(16)26-22(17)28-8-6-27(7-9-28)18-4-5-19-21(13-18)25-15-29(10-11-30)23(19)31/h4-5,12-13,15,30H,1-3,6-11H2. The number of aryl methyl sites for hydroxylation is 2. The Kier molecular flexibility index (Phi) is 5.04. The molecule has 158 valence electrons. The van der Waals surface area contributed by atoms with E-state index in [4.69, 9.17) is 10.1 Å². The summed E-state index contributed by atoms with van der Waals surface area (Å²) in [6, 6.07) is 10.1. The van der Waals surface area contributed by atoms with Gasteiger partial charge in [-0.2, -0.15) is 5.26 Å². The highest BCUT2D eigenvalue weighted by atomic mass is 16.3. The first kappa shape index (κ1) is 19.5. The highest BCUT2D eigenvalue weighted by molar-refractivity contribution is 5.81. The zero-order chi connectivity index (χ0) is 21.4. The van der Waals surface area contributed by atoms with E-state index in [-0.39, 0.29) is 18.7 Å². The van der Waals surface area contributed by atoms with E-state index < -0.39 is 0 Å². The van der Waals surface area contributed by atoms with Crippen LogP contribution in [0.2, 0.25) is 0 Å². The van der Waals surface area contributed by atoms with Gasteiger partial charge in [-0.05, 0) is 49.1 Å². The normalized spacial score (nSPS) is 15.9. The van der Waals surface area contributed by atoms with Crippen molar-refractivity contribution in [2.45, 2.75) is 25.8 Å². The fourth-order valence-electron chi connectivity index (χ4n) is 4.57. The molecule has 0 bridgehead atoms. The van der Waals surface area contributed by atoms with Gasteiger partial charge in [-0.3, -0.25) is 9.36 Å². The second-order valence-electron chi connectivity index (χ2n) is 8.07. The zero-order valence-corrected chi connectivity index (χ0v) is 17.3. The van der Waals surface area contributed by atoms with Crippen molar-refractivity contribution in [3.63, 3.8) is 0 Å². The first-order chi connectivity index (χ1) is 15.2. The molecule has 0 atom stereocenters. The summed E-state index contributed by atoms with van der Waals surface area (Å²) in [4.78, 5) is 26.2. The summed E-state index contributed by atoms with van der Waals surface area (Å²) in [7, 11) is 0. The lowest BCUT2D eigenvalue weighted by Crippen LogP contribution is -2.47. The molecule has 1 aliphatic heterocycles. The molecular formula is C23H24N6O2. The number of hydrogen-bond donors (Lipinski definition) is 1. The summed E-state index contributed by atoms with van der Waals surface area (Å²) in [6.45, 7) is 3.32. The van der Waals surface area contributed by atoms with E-state index in [1.165, 1.54) is 16.5 Å². The Labute approximate surface area is 180 Å². The van der Waals surface area contributed by atoms with Crippen LogP contribution < -0.4 is 15.4 Å². The van der Waals surface area contributed by atoms with Crippen LogP contribution in [-0.2, 0) is 19.4 Å². The molecule has 2 aliphatic rings. The van der Waals surface area contributed by atoms with Crippen molar-refractivity contribution < 1.29 is 5.11 Å². The van der Waals surface area contributed by atoms with Crippen LogP contribution >= 0.6 is 0 Å². The predicted octanol–water partition coefficient (Wildman–Crippen LogP) is 1.47. The summed E-state index contributed by atoms with van der Waals surface area (Å²) < 4.78 is 1.43. The van der Waals surface area contributed by atoms with Crippen molar-refractivity contribution in [2.24, 2.45) is 0 Å². The van der Waals surface area contributed by atoms with Crippen molar-refractivity contribution >= 4 is 22.4 Å². The maximum absolute atomic E-state index is 12.5. The molecule has 0 amide bonds. The molecule has 1 fully saturated rings. The molecule has 1 aliphatic carbocycles. The molecular weight excluding hydrogens is 392 g/mol. The monoisotopic (exact) mass is 416 g/mol. The number of piperazine rings is 1.